The predicted molar refractivity (Wildman–Crippen MR) is 101 cm³/mol. The molecule has 1 aromatic heterocycles. The zero-order valence-corrected chi connectivity index (χ0v) is 15.1. The maximum absolute atomic E-state index is 11.9. The molecule has 0 fully saturated rings. The summed E-state index contributed by atoms with van der Waals surface area (Å²) in [5, 5.41) is 7.45. The average molecular weight is 374 g/mol. The smallest absolute Gasteiger partial charge is 0.236 e. The van der Waals surface area contributed by atoms with Gasteiger partial charge in [-0.05, 0) is 36.8 Å². The lowest BCUT2D eigenvalue weighted by Crippen LogP contribution is -2.14. The number of halogens is 1. The molecule has 7 heteroatoms. The van der Waals surface area contributed by atoms with Crippen LogP contribution in [-0.4, -0.2) is 21.8 Å². The Morgan fingerprint density at radius 2 is 1.96 bits per heavy atom. The van der Waals surface area contributed by atoms with E-state index >= 15 is 0 Å². The highest BCUT2D eigenvalue weighted by molar-refractivity contribution is 7.99. The van der Waals surface area contributed by atoms with Crippen LogP contribution in [0.25, 0.3) is 11.4 Å². The van der Waals surface area contributed by atoms with Crippen molar-refractivity contribution in [3.8, 4) is 11.4 Å². The summed E-state index contributed by atoms with van der Waals surface area (Å²) in [6.07, 6.45) is 0. The minimum absolute atomic E-state index is 0.0917. The van der Waals surface area contributed by atoms with Gasteiger partial charge in [0.15, 0.2) is 0 Å². The van der Waals surface area contributed by atoms with Crippen LogP contribution in [0.4, 0.5) is 5.69 Å². The molecule has 0 atom stereocenters. The molecular weight excluding hydrogens is 358 g/mol. The number of anilines is 1. The van der Waals surface area contributed by atoms with Gasteiger partial charge in [-0.1, -0.05) is 41.0 Å². The van der Waals surface area contributed by atoms with Gasteiger partial charge in [-0.3, -0.25) is 4.79 Å². The highest BCUT2D eigenvalue weighted by Gasteiger charge is 2.11. The van der Waals surface area contributed by atoms with E-state index in [1.165, 1.54) is 11.8 Å². The fourth-order valence-corrected chi connectivity index (χ4v) is 2.99. The quantitative estimate of drug-likeness (QED) is 0.685. The van der Waals surface area contributed by atoms with E-state index in [0.29, 0.717) is 28.2 Å². The Hall–Kier alpha value is -2.31. The Kier molecular flexibility index (Phi) is 5.73. The number of nitrogens with zero attached hydrogens (tertiary/aromatic N) is 2. The first kappa shape index (κ1) is 17.5. The van der Waals surface area contributed by atoms with E-state index in [1.54, 1.807) is 24.3 Å². The standard InChI is InChI=1S/C18H16ClN3O2S/c1-12-4-2-3-5-15(12)18-21-17(24-22-18)11-25-10-16(23)20-14-8-6-13(19)7-9-14/h2-9H,10-11H2,1H3,(H,20,23). The van der Waals surface area contributed by atoms with E-state index in [4.69, 9.17) is 16.1 Å². The van der Waals surface area contributed by atoms with Crippen molar-refractivity contribution >= 4 is 35.0 Å². The Balaban J connectivity index is 1.50. The molecule has 1 heterocycles. The highest BCUT2D eigenvalue weighted by atomic mass is 35.5. The van der Waals surface area contributed by atoms with Gasteiger partial charge in [0.2, 0.25) is 17.6 Å². The first-order chi connectivity index (χ1) is 12.1. The van der Waals surface area contributed by atoms with Crippen molar-refractivity contribution in [1.82, 2.24) is 10.1 Å². The molecule has 3 aromatic rings. The molecule has 3 rings (SSSR count). The van der Waals surface area contributed by atoms with E-state index in [1.807, 2.05) is 31.2 Å². The summed E-state index contributed by atoms with van der Waals surface area (Å²) in [5.41, 5.74) is 2.75. The first-order valence-electron chi connectivity index (χ1n) is 7.63. The van der Waals surface area contributed by atoms with Crippen LogP contribution < -0.4 is 5.32 Å². The third-order valence-corrected chi connectivity index (χ3v) is 4.61. The molecule has 0 saturated heterocycles. The molecule has 25 heavy (non-hydrogen) atoms. The Morgan fingerprint density at radius 3 is 2.72 bits per heavy atom. The zero-order chi connectivity index (χ0) is 17.6. The number of hydrogen-bond donors (Lipinski definition) is 1. The molecule has 0 unspecified atom stereocenters. The van der Waals surface area contributed by atoms with E-state index in [2.05, 4.69) is 15.5 Å². The number of hydrogen-bond acceptors (Lipinski definition) is 5. The number of aromatic nitrogens is 2. The van der Waals surface area contributed by atoms with Crippen molar-refractivity contribution in [3.63, 3.8) is 0 Å². The van der Waals surface area contributed by atoms with Crippen LogP contribution in [0.3, 0.4) is 0 Å². The molecule has 0 saturated carbocycles. The molecule has 0 aliphatic rings. The molecule has 1 amide bonds. The van der Waals surface area contributed by atoms with Gasteiger partial charge in [-0.25, -0.2) is 0 Å². The largest absolute Gasteiger partial charge is 0.338 e. The number of thioether (sulfide) groups is 1. The van der Waals surface area contributed by atoms with Crippen LogP contribution in [-0.2, 0) is 10.5 Å². The van der Waals surface area contributed by atoms with Gasteiger partial charge in [0.05, 0.1) is 11.5 Å². The van der Waals surface area contributed by atoms with E-state index < -0.39 is 0 Å². The summed E-state index contributed by atoms with van der Waals surface area (Å²) in [7, 11) is 0. The van der Waals surface area contributed by atoms with E-state index in [-0.39, 0.29) is 5.91 Å². The number of rotatable bonds is 6. The Bertz CT molecular complexity index is 865. The molecule has 0 spiro atoms. The summed E-state index contributed by atoms with van der Waals surface area (Å²) >= 11 is 7.23. The second kappa shape index (κ2) is 8.18. The topological polar surface area (TPSA) is 68.0 Å². The second-order valence-electron chi connectivity index (χ2n) is 5.37. The van der Waals surface area contributed by atoms with Crippen LogP contribution in [0.5, 0.6) is 0 Å². The van der Waals surface area contributed by atoms with Crippen molar-refractivity contribution in [1.29, 1.82) is 0 Å². The van der Waals surface area contributed by atoms with Gasteiger partial charge in [-0.15, -0.1) is 11.8 Å². The molecule has 1 N–H and O–H groups in total. The number of amides is 1. The first-order valence-corrected chi connectivity index (χ1v) is 9.17. The monoisotopic (exact) mass is 373 g/mol. The third kappa shape index (κ3) is 4.84. The van der Waals surface area contributed by atoms with Crippen molar-refractivity contribution in [2.24, 2.45) is 0 Å². The highest BCUT2D eigenvalue weighted by Crippen LogP contribution is 2.21. The molecule has 0 aliphatic heterocycles. The van der Waals surface area contributed by atoms with Crippen LogP contribution >= 0.6 is 23.4 Å². The fraction of sp³-hybridized carbons (Fsp3) is 0.167. The summed E-state index contributed by atoms with van der Waals surface area (Å²) in [6, 6.07) is 14.8. The second-order valence-corrected chi connectivity index (χ2v) is 6.80. The van der Waals surface area contributed by atoms with Crippen molar-refractivity contribution in [2.45, 2.75) is 12.7 Å². The maximum Gasteiger partial charge on any atom is 0.236 e. The van der Waals surface area contributed by atoms with Gasteiger partial charge in [-0.2, -0.15) is 4.98 Å². The molecule has 128 valence electrons. The number of carbonyl (C=O) groups is 1. The van der Waals surface area contributed by atoms with Gasteiger partial charge >= 0.3 is 0 Å². The van der Waals surface area contributed by atoms with Crippen molar-refractivity contribution in [2.75, 3.05) is 11.1 Å². The lowest BCUT2D eigenvalue weighted by Gasteiger charge is -2.04. The minimum Gasteiger partial charge on any atom is -0.338 e. The summed E-state index contributed by atoms with van der Waals surface area (Å²) in [4.78, 5) is 16.3. The van der Waals surface area contributed by atoms with Gasteiger partial charge in [0.25, 0.3) is 0 Å². The molecule has 0 bridgehead atoms. The molecule has 2 aromatic carbocycles. The fourth-order valence-electron chi connectivity index (χ4n) is 2.21. The van der Waals surface area contributed by atoms with Crippen LogP contribution in [0.1, 0.15) is 11.5 Å². The van der Waals surface area contributed by atoms with Crippen LogP contribution in [0.2, 0.25) is 5.02 Å². The molecule has 5 nitrogen and oxygen atoms in total. The number of nitrogens with one attached hydrogen (secondary N) is 1. The van der Waals surface area contributed by atoms with E-state index in [0.717, 1.165) is 16.8 Å². The Morgan fingerprint density at radius 1 is 1.20 bits per heavy atom. The Labute approximate surface area is 154 Å². The molecule has 0 radical (unpaired) electrons. The molecular formula is C18H16ClN3O2S. The number of carbonyl (C=O) groups excluding carboxylic acids is 1. The lowest BCUT2D eigenvalue weighted by molar-refractivity contribution is -0.113. The van der Waals surface area contributed by atoms with Crippen molar-refractivity contribution < 1.29 is 9.32 Å². The van der Waals surface area contributed by atoms with Crippen molar-refractivity contribution in [3.05, 3.63) is 65.0 Å². The SMILES string of the molecule is Cc1ccccc1-c1noc(CSCC(=O)Nc2ccc(Cl)cc2)n1. The van der Waals surface area contributed by atoms with Gasteiger partial charge in [0, 0.05) is 16.3 Å². The normalized spacial score (nSPS) is 10.6. The van der Waals surface area contributed by atoms with Gasteiger partial charge in [0.1, 0.15) is 0 Å². The predicted octanol–water partition coefficient (Wildman–Crippen LogP) is 4.57. The van der Waals surface area contributed by atoms with E-state index in [9.17, 15) is 4.79 Å². The van der Waals surface area contributed by atoms with Crippen LogP contribution in [0.15, 0.2) is 53.1 Å². The lowest BCUT2D eigenvalue weighted by atomic mass is 10.1. The number of aryl methyl sites for hydroxylation is 1. The molecule has 0 aliphatic carbocycles. The maximum atomic E-state index is 11.9. The minimum atomic E-state index is -0.0917. The summed E-state index contributed by atoms with van der Waals surface area (Å²) in [6.45, 7) is 2.00. The third-order valence-electron chi connectivity index (χ3n) is 3.44. The summed E-state index contributed by atoms with van der Waals surface area (Å²) < 4.78 is 5.26. The summed E-state index contributed by atoms with van der Waals surface area (Å²) in [5.74, 6) is 1.75. The average Bonchev–Trinajstić information content (AvgIpc) is 3.06. The zero-order valence-electron chi connectivity index (χ0n) is 13.5. The van der Waals surface area contributed by atoms with Crippen LogP contribution in [0, 0.1) is 6.92 Å². The number of benzene rings is 2. The van der Waals surface area contributed by atoms with Gasteiger partial charge < -0.3 is 9.84 Å².